The van der Waals surface area contributed by atoms with Crippen LogP contribution in [0.4, 0.5) is 5.82 Å². The van der Waals surface area contributed by atoms with Crippen LogP contribution in [0, 0.1) is 0 Å². The number of ether oxygens (including phenoxy) is 1. The van der Waals surface area contributed by atoms with Crippen LogP contribution >= 0.6 is 0 Å². The van der Waals surface area contributed by atoms with E-state index in [0.717, 1.165) is 25.2 Å². The lowest BCUT2D eigenvalue weighted by Gasteiger charge is -2.25. The van der Waals surface area contributed by atoms with Gasteiger partial charge in [0.2, 0.25) is 0 Å². The molecule has 1 aromatic heterocycles. The van der Waals surface area contributed by atoms with Gasteiger partial charge < -0.3 is 14.7 Å². The van der Waals surface area contributed by atoms with Gasteiger partial charge in [-0.2, -0.15) is 0 Å². The molecule has 19 heavy (non-hydrogen) atoms. The van der Waals surface area contributed by atoms with E-state index in [-0.39, 0.29) is 6.61 Å². The Bertz CT molecular complexity index is 398. The molecular weight excluding hydrogens is 242 g/mol. The number of nitrogens with zero attached hydrogens (tertiary/aromatic N) is 3. The number of hydrogen-bond donors (Lipinski definition) is 1. The highest BCUT2D eigenvalue weighted by Crippen LogP contribution is 2.26. The van der Waals surface area contributed by atoms with Gasteiger partial charge in [-0.05, 0) is 25.7 Å². The van der Waals surface area contributed by atoms with Crippen molar-refractivity contribution in [3.05, 3.63) is 17.6 Å². The van der Waals surface area contributed by atoms with Crippen LogP contribution in [0.1, 0.15) is 30.5 Å². The average Bonchev–Trinajstić information content (AvgIpc) is 2.68. The maximum Gasteiger partial charge on any atom is 0.135 e. The number of anilines is 1. The molecule has 0 fully saturated rings. The highest BCUT2D eigenvalue weighted by atomic mass is 16.5. The molecule has 0 amide bonds. The highest BCUT2D eigenvalue weighted by Gasteiger charge is 2.18. The van der Waals surface area contributed by atoms with Gasteiger partial charge in [0.15, 0.2) is 0 Å². The van der Waals surface area contributed by atoms with Gasteiger partial charge in [0.25, 0.3) is 0 Å². The summed E-state index contributed by atoms with van der Waals surface area (Å²) in [6.07, 6.45) is 7.40. The summed E-state index contributed by atoms with van der Waals surface area (Å²) >= 11 is 0. The molecule has 1 aliphatic carbocycles. The molecule has 0 radical (unpaired) electrons. The van der Waals surface area contributed by atoms with Gasteiger partial charge >= 0.3 is 0 Å². The second-order valence-electron chi connectivity index (χ2n) is 4.89. The van der Waals surface area contributed by atoms with Gasteiger partial charge in [-0.15, -0.1) is 0 Å². The Morgan fingerprint density at radius 1 is 1.21 bits per heavy atom. The van der Waals surface area contributed by atoms with E-state index in [9.17, 15) is 5.11 Å². The Balaban J connectivity index is 2.25. The van der Waals surface area contributed by atoms with Crippen molar-refractivity contribution in [2.45, 2.75) is 32.1 Å². The van der Waals surface area contributed by atoms with Gasteiger partial charge in [0.1, 0.15) is 12.1 Å². The van der Waals surface area contributed by atoms with Gasteiger partial charge in [-0.3, -0.25) is 0 Å². The topological polar surface area (TPSA) is 58.5 Å². The molecule has 1 heterocycles. The molecule has 1 aromatic rings. The molecule has 1 aliphatic rings. The first-order chi connectivity index (χ1) is 9.36. The molecule has 1 N–H and O–H groups in total. The van der Waals surface area contributed by atoms with Crippen molar-refractivity contribution in [1.82, 2.24) is 9.97 Å². The summed E-state index contributed by atoms with van der Waals surface area (Å²) < 4.78 is 5.14. The summed E-state index contributed by atoms with van der Waals surface area (Å²) in [6.45, 7) is 2.11. The predicted octanol–water partition coefficient (Wildman–Crippen LogP) is 1.19. The van der Waals surface area contributed by atoms with Crippen molar-refractivity contribution in [2.75, 3.05) is 38.3 Å². The van der Waals surface area contributed by atoms with E-state index in [4.69, 9.17) is 4.74 Å². The predicted molar refractivity (Wildman–Crippen MR) is 74.5 cm³/mol. The van der Waals surface area contributed by atoms with Crippen LogP contribution in [-0.2, 0) is 17.6 Å². The minimum absolute atomic E-state index is 0.127. The van der Waals surface area contributed by atoms with Crippen LogP contribution in [0.15, 0.2) is 6.33 Å². The van der Waals surface area contributed by atoms with Crippen molar-refractivity contribution in [2.24, 2.45) is 0 Å². The second kappa shape index (κ2) is 7.40. The fourth-order valence-electron chi connectivity index (χ4n) is 2.60. The second-order valence-corrected chi connectivity index (χ2v) is 4.89. The number of aliphatic hydroxyl groups excluding tert-OH is 1. The molecule has 5 nitrogen and oxygen atoms in total. The third-order valence-corrected chi connectivity index (χ3v) is 3.59. The van der Waals surface area contributed by atoms with Gasteiger partial charge in [-0.25, -0.2) is 9.97 Å². The molecule has 0 aliphatic heterocycles. The third-order valence-electron chi connectivity index (χ3n) is 3.59. The molecule has 0 saturated carbocycles. The molecule has 0 saturated heterocycles. The van der Waals surface area contributed by atoms with Crippen LogP contribution < -0.4 is 4.90 Å². The Labute approximate surface area is 114 Å². The molecule has 0 bridgehead atoms. The van der Waals surface area contributed by atoms with E-state index in [1.54, 1.807) is 13.4 Å². The van der Waals surface area contributed by atoms with E-state index >= 15 is 0 Å². The Kier molecular flexibility index (Phi) is 5.54. The van der Waals surface area contributed by atoms with Crippen LogP contribution in [0.5, 0.6) is 0 Å². The molecule has 2 rings (SSSR count). The van der Waals surface area contributed by atoms with Gasteiger partial charge in [0, 0.05) is 31.5 Å². The average molecular weight is 265 g/mol. The van der Waals surface area contributed by atoms with Crippen molar-refractivity contribution in [3.63, 3.8) is 0 Å². The summed E-state index contributed by atoms with van der Waals surface area (Å²) in [6, 6.07) is 0. The van der Waals surface area contributed by atoms with Crippen LogP contribution in [0.3, 0.4) is 0 Å². The number of hydrogen-bond acceptors (Lipinski definition) is 5. The SMILES string of the molecule is COCCN(CCO)c1ncnc2c1CCCCC2. The number of aromatic nitrogens is 2. The van der Waals surface area contributed by atoms with Crippen LogP contribution in [-0.4, -0.2) is 48.5 Å². The van der Waals surface area contributed by atoms with Crippen LogP contribution in [0.25, 0.3) is 0 Å². The minimum Gasteiger partial charge on any atom is -0.395 e. The van der Waals surface area contributed by atoms with E-state index in [2.05, 4.69) is 14.9 Å². The quantitative estimate of drug-likeness (QED) is 0.783. The monoisotopic (exact) mass is 265 g/mol. The van der Waals surface area contributed by atoms with E-state index in [1.807, 2.05) is 0 Å². The fraction of sp³-hybridized carbons (Fsp3) is 0.714. The summed E-state index contributed by atoms with van der Waals surface area (Å²) in [7, 11) is 1.69. The maximum absolute atomic E-state index is 9.23. The Morgan fingerprint density at radius 2 is 2.05 bits per heavy atom. The first-order valence-corrected chi connectivity index (χ1v) is 7.04. The van der Waals surface area contributed by atoms with Crippen LogP contribution in [0.2, 0.25) is 0 Å². The Morgan fingerprint density at radius 3 is 2.84 bits per heavy atom. The summed E-state index contributed by atoms with van der Waals surface area (Å²) in [5, 5.41) is 9.23. The lowest BCUT2D eigenvalue weighted by Crippen LogP contribution is -2.32. The van der Waals surface area contributed by atoms with E-state index < -0.39 is 0 Å². The number of fused-ring (bicyclic) bond motifs is 1. The standard InChI is InChI=1S/C14H23N3O2/c1-19-10-8-17(7-9-18)14-12-5-3-2-4-6-13(12)15-11-16-14/h11,18H,2-10H2,1H3. The first-order valence-electron chi connectivity index (χ1n) is 7.04. The van der Waals surface area contributed by atoms with Gasteiger partial charge in [-0.1, -0.05) is 6.42 Å². The molecule has 0 aromatic carbocycles. The number of aryl methyl sites for hydroxylation is 1. The zero-order valence-corrected chi connectivity index (χ0v) is 11.6. The summed E-state index contributed by atoms with van der Waals surface area (Å²) in [5.41, 5.74) is 2.45. The maximum atomic E-state index is 9.23. The zero-order valence-electron chi connectivity index (χ0n) is 11.6. The summed E-state index contributed by atoms with van der Waals surface area (Å²) in [5.74, 6) is 0.984. The normalized spacial score (nSPS) is 14.8. The van der Waals surface area contributed by atoms with Crippen molar-refractivity contribution >= 4 is 5.82 Å². The van der Waals surface area contributed by atoms with E-state index in [1.165, 1.54) is 30.5 Å². The number of aliphatic hydroxyl groups is 1. The number of methoxy groups -OCH3 is 1. The first kappa shape index (κ1) is 14.2. The zero-order chi connectivity index (χ0) is 13.5. The molecule has 0 unspecified atom stereocenters. The fourth-order valence-corrected chi connectivity index (χ4v) is 2.60. The molecule has 0 spiro atoms. The van der Waals surface area contributed by atoms with Crippen molar-refractivity contribution in [1.29, 1.82) is 0 Å². The lowest BCUT2D eigenvalue weighted by molar-refractivity contribution is 0.202. The molecule has 0 atom stereocenters. The lowest BCUT2D eigenvalue weighted by atomic mass is 10.1. The van der Waals surface area contributed by atoms with Crippen molar-refractivity contribution in [3.8, 4) is 0 Å². The molecule has 106 valence electrons. The highest BCUT2D eigenvalue weighted by molar-refractivity contribution is 5.49. The van der Waals surface area contributed by atoms with Gasteiger partial charge in [0.05, 0.1) is 13.2 Å². The smallest absolute Gasteiger partial charge is 0.135 e. The number of rotatable bonds is 6. The molecule has 5 heteroatoms. The molecular formula is C14H23N3O2. The van der Waals surface area contributed by atoms with Crippen molar-refractivity contribution < 1.29 is 9.84 Å². The largest absolute Gasteiger partial charge is 0.395 e. The Hall–Kier alpha value is -1.20. The van der Waals surface area contributed by atoms with E-state index in [0.29, 0.717) is 13.2 Å². The summed E-state index contributed by atoms with van der Waals surface area (Å²) in [4.78, 5) is 11.0. The third kappa shape index (κ3) is 3.64. The minimum atomic E-state index is 0.127.